The predicted molar refractivity (Wildman–Crippen MR) is 179 cm³/mol. The zero-order valence-corrected chi connectivity index (χ0v) is 28.0. The average Bonchev–Trinajstić information content (AvgIpc) is 3.24. The number of furan rings is 1. The van der Waals surface area contributed by atoms with Gasteiger partial charge in [-0.15, -0.1) is 24.8 Å². The summed E-state index contributed by atoms with van der Waals surface area (Å²) in [5.74, 6) is 0.323. The van der Waals surface area contributed by atoms with E-state index < -0.39 is 5.41 Å². The van der Waals surface area contributed by atoms with Gasteiger partial charge >= 0.3 is 0 Å². The first-order chi connectivity index (χ1) is 19.9. The Morgan fingerprint density at radius 2 is 1.68 bits per heavy atom. The highest BCUT2D eigenvalue weighted by Crippen LogP contribution is 2.39. The van der Waals surface area contributed by atoms with Gasteiger partial charge in [0.25, 0.3) is 5.56 Å². The topological polar surface area (TPSA) is 91.9 Å². The molecule has 11 heteroatoms. The molecule has 2 amide bonds. The first kappa shape index (κ1) is 34.8. The van der Waals surface area contributed by atoms with Gasteiger partial charge in [-0.1, -0.05) is 12.1 Å². The summed E-state index contributed by atoms with van der Waals surface area (Å²) in [6.45, 7) is 13.9. The van der Waals surface area contributed by atoms with E-state index in [4.69, 9.17) is 4.42 Å². The third-order valence-corrected chi connectivity index (χ3v) is 8.49. The van der Waals surface area contributed by atoms with Gasteiger partial charge in [-0.05, 0) is 76.9 Å². The minimum atomic E-state index is -1.16. The maximum Gasteiger partial charge on any atom is 0.262 e. The van der Waals surface area contributed by atoms with Crippen LogP contribution in [-0.4, -0.2) is 46.4 Å². The number of hydrogen-bond donors (Lipinski definition) is 0. The summed E-state index contributed by atoms with van der Waals surface area (Å²) in [4.78, 5) is 50.0. The highest BCUT2D eigenvalue weighted by molar-refractivity contribution is 6.19. The van der Waals surface area contributed by atoms with Crippen LogP contribution >= 0.6 is 24.8 Å². The molecule has 0 N–H and O–H groups in total. The number of halogens is 2. The minimum absolute atomic E-state index is 0. The zero-order valence-electron chi connectivity index (χ0n) is 26.3. The Kier molecular flexibility index (Phi) is 10.7. The fourth-order valence-electron chi connectivity index (χ4n) is 5.77. The number of aryl methyl sites for hydroxylation is 3. The van der Waals surface area contributed by atoms with Gasteiger partial charge in [0.05, 0.1) is 16.8 Å². The second-order valence-corrected chi connectivity index (χ2v) is 11.7. The minimum Gasteiger partial charge on any atom is -0.461 e. The molecule has 4 heterocycles. The van der Waals surface area contributed by atoms with Gasteiger partial charge in [0.2, 0.25) is 11.8 Å². The van der Waals surface area contributed by atoms with Gasteiger partial charge in [-0.25, -0.2) is 0 Å². The van der Waals surface area contributed by atoms with E-state index in [-0.39, 0.29) is 42.2 Å². The van der Waals surface area contributed by atoms with Gasteiger partial charge in [0.1, 0.15) is 16.8 Å². The molecule has 1 aliphatic rings. The zero-order chi connectivity index (χ0) is 30.3. The SMILES string of the molecule is CCN1C(=O)C(C)(C)C(=O)N(C)c2cc(CN(CCn3ccc4oc(C)c(C)c4c3=O)Cc3cccnc3C)ccc21.Cl.Cl. The molecule has 44 heavy (non-hydrogen) atoms. The molecular formula is C33H41Cl2N5O4. The summed E-state index contributed by atoms with van der Waals surface area (Å²) in [6.07, 6.45) is 3.58. The van der Waals surface area contributed by atoms with Crippen molar-refractivity contribution in [1.82, 2.24) is 14.5 Å². The number of rotatable bonds is 8. The van der Waals surface area contributed by atoms with Crippen LogP contribution in [0, 0.1) is 26.2 Å². The Morgan fingerprint density at radius 1 is 0.955 bits per heavy atom. The Balaban J connectivity index is 0.00000264. The number of hydrogen-bond acceptors (Lipinski definition) is 6. The van der Waals surface area contributed by atoms with E-state index in [0.717, 1.165) is 33.8 Å². The molecule has 0 aliphatic carbocycles. The molecule has 0 atom stereocenters. The summed E-state index contributed by atoms with van der Waals surface area (Å²) >= 11 is 0. The lowest BCUT2D eigenvalue weighted by atomic mass is 9.90. The van der Waals surface area contributed by atoms with Crippen LogP contribution in [0.2, 0.25) is 0 Å². The van der Waals surface area contributed by atoms with Crippen molar-refractivity contribution in [2.75, 3.05) is 29.9 Å². The van der Waals surface area contributed by atoms with Crippen molar-refractivity contribution in [3.05, 3.63) is 87.3 Å². The molecule has 3 aromatic heterocycles. The Hall–Kier alpha value is -3.66. The predicted octanol–water partition coefficient (Wildman–Crippen LogP) is 5.82. The van der Waals surface area contributed by atoms with Crippen LogP contribution in [0.3, 0.4) is 0 Å². The first-order valence-corrected chi connectivity index (χ1v) is 14.4. The lowest BCUT2D eigenvalue weighted by Gasteiger charge is -2.27. The lowest BCUT2D eigenvalue weighted by molar-refractivity contribution is -0.137. The highest BCUT2D eigenvalue weighted by atomic mass is 35.5. The van der Waals surface area contributed by atoms with Crippen LogP contribution in [-0.2, 0) is 29.2 Å². The van der Waals surface area contributed by atoms with E-state index in [1.165, 1.54) is 0 Å². The number of fused-ring (bicyclic) bond motifs is 2. The van der Waals surface area contributed by atoms with Crippen molar-refractivity contribution in [3.8, 4) is 0 Å². The molecule has 5 rings (SSSR count). The largest absolute Gasteiger partial charge is 0.461 e. The van der Waals surface area contributed by atoms with Crippen molar-refractivity contribution < 1.29 is 14.0 Å². The fourth-order valence-corrected chi connectivity index (χ4v) is 5.77. The monoisotopic (exact) mass is 641 g/mol. The number of carbonyl (C=O) groups is 2. The molecule has 236 valence electrons. The number of pyridine rings is 2. The van der Waals surface area contributed by atoms with Crippen molar-refractivity contribution in [2.45, 2.75) is 61.2 Å². The molecule has 0 bridgehead atoms. The number of benzene rings is 1. The number of anilines is 2. The molecule has 0 saturated carbocycles. The molecule has 0 unspecified atom stereocenters. The molecular weight excluding hydrogens is 601 g/mol. The van der Waals surface area contributed by atoms with E-state index in [1.807, 2.05) is 58.0 Å². The lowest BCUT2D eigenvalue weighted by Crippen LogP contribution is -2.47. The summed E-state index contributed by atoms with van der Waals surface area (Å²) in [6, 6.07) is 11.8. The number of amides is 2. The van der Waals surface area contributed by atoms with E-state index in [9.17, 15) is 14.4 Å². The van der Waals surface area contributed by atoms with Gasteiger partial charge in [-0.3, -0.25) is 24.3 Å². The van der Waals surface area contributed by atoms with Crippen molar-refractivity contribution in [1.29, 1.82) is 0 Å². The standard InChI is InChI=1S/C33H39N5O4.2ClH/c1-8-38-26-12-11-24(18-27(26)35(7)31(40)33(5,6)32(38)41)19-36(20-25-10-9-14-34-22(25)3)16-17-37-15-13-28-29(30(37)39)21(2)23(4)42-28;;/h9-15,18H,8,16-17,19-20H2,1-7H3;2*1H. The smallest absolute Gasteiger partial charge is 0.262 e. The molecule has 0 saturated heterocycles. The van der Waals surface area contributed by atoms with Crippen LogP contribution in [0.4, 0.5) is 11.4 Å². The number of aromatic nitrogens is 2. The van der Waals surface area contributed by atoms with Crippen LogP contribution < -0.4 is 15.4 Å². The van der Waals surface area contributed by atoms with Gasteiger partial charge in [0.15, 0.2) is 0 Å². The third-order valence-electron chi connectivity index (χ3n) is 8.49. The molecule has 0 fully saturated rings. The van der Waals surface area contributed by atoms with E-state index in [0.29, 0.717) is 49.4 Å². The van der Waals surface area contributed by atoms with Gasteiger partial charge in [0, 0.05) is 63.4 Å². The number of carbonyl (C=O) groups excluding carboxylic acids is 2. The Morgan fingerprint density at radius 3 is 2.36 bits per heavy atom. The normalized spacial score (nSPS) is 14.4. The second kappa shape index (κ2) is 13.5. The quantitative estimate of drug-likeness (QED) is 0.225. The maximum absolute atomic E-state index is 13.3. The second-order valence-electron chi connectivity index (χ2n) is 11.7. The summed E-state index contributed by atoms with van der Waals surface area (Å²) < 4.78 is 7.49. The third kappa shape index (κ3) is 6.27. The van der Waals surface area contributed by atoms with Crippen LogP contribution in [0.1, 0.15) is 48.9 Å². The van der Waals surface area contributed by atoms with Crippen LogP contribution in [0.15, 0.2) is 58.0 Å². The Bertz CT molecular complexity index is 1750. The van der Waals surface area contributed by atoms with Crippen molar-refractivity contribution in [3.63, 3.8) is 0 Å². The maximum atomic E-state index is 13.3. The first-order valence-electron chi connectivity index (χ1n) is 14.4. The molecule has 1 aromatic carbocycles. The fraction of sp³-hybridized carbons (Fsp3) is 0.394. The molecule has 9 nitrogen and oxygen atoms in total. The summed E-state index contributed by atoms with van der Waals surface area (Å²) in [5.41, 5.74) is 4.77. The van der Waals surface area contributed by atoms with Crippen molar-refractivity contribution in [2.24, 2.45) is 5.41 Å². The van der Waals surface area contributed by atoms with Crippen LogP contribution in [0.25, 0.3) is 11.0 Å². The molecule has 0 radical (unpaired) electrons. The van der Waals surface area contributed by atoms with E-state index in [2.05, 4.69) is 16.0 Å². The highest BCUT2D eigenvalue weighted by Gasteiger charge is 2.45. The van der Waals surface area contributed by atoms with E-state index in [1.54, 1.807) is 47.7 Å². The average molecular weight is 643 g/mol. The van der Waals surface area contributed by atoms with Crippen LogP contribution in [0.5, 0.6) is 0 Å². The van der Waals surface area contributed by atoms with E-state index >= 15 is 0 Å². The summed E-state index contributed by atoms with van der Waals surface area (Å²) in [7, 11) is 1.73. The van der Waals surface area contributed by atoms with Crippen molar-refractivity contribution >= 4 is 59.0 Å². The number of nitrogens with zero attached hydrogens (tertiary/aromatic N) is 5. The molecule has 1 aliphatic heterocycles. The summed E-state index contributed by atoms with van der Waals surface area (Å²) in [5, 5.41) is 0.626. The molecule has 4 aromatic rings. The Labute approximate surface area is 270 Å². The van der Waals surface area contributed by atoms with Gasteiger partial charge < -0.3 is 18.8 Å². The molecule has 0 spiro atoms. The van der Waals surface area contributed by atoms with Gasteiger partial charge in [-0.2, -0.15) is 0 Å².